The molecule has 0 N–H and O–H groups in total. The number of halogens is 3. The summed E-state index contributed by atoms with van der Waals surface area (Å²) >= 11 is 15.2. The zero-order valence-corrected chi connectivity index (χ0v) is 9.56. The maximum Gasteiger partial charge on any atom is 0.144 e. The number of thiol groups is 1. The molecule has 0 aliphatic carbocycles. The van der Waals surface area contributed by atoms with E-state index in [2.05, 4.69) is 24.5 Å². The Hall–Kier alpha value is -0.360. The van der Waals surface area contributed by atoms with E-state index in [0.29, 0.717) is 17.7 Å². The third-order valence-electron chi connectivity index (χ3n) is 1.45. The fourth-order valence-electron chi connectivity index (χ4n) is 0.848. The number of hydrogen-bond acceptors (Lipinski definition) is 1. The molecule has 0 saturated heterocycles. The number of rotatable bonds is 1. The molecule has 4 heteroatoms. The summed E-state index contributed by atoms with van der Waals surface area (Å²) in [5, 5.41) is 0.119. The Kier molecular flexibility index (Phi) is 4.60. The highest BCUT2D eigenvalue weighted by Crippen LogP contribution is 2.25. The normalized spacial score (nSPS) is 9.43. The lowest BCUT2D eigenvalue weighted by Crippen LogP contribution is -1.82. The van der Waals surface area contributed by atoms with Crippen molar-refractivity contribution >= 4 is 35.8 Å². The molecule has 0 radical (unpaired) electrons. The number of hydrogen-bond donors (Lipinski definition) is 1. The fourth-order valence-corrected chi connectivity index (χ4v) is 1.28. The van der Waals surface area contributed by atoms with Crippen molar-refractivity contribution in [3.63, 3.8) is 0 Å². The Labute approximate surface area is 97.8 Å². The van der Waals surface area contributed by atoms with Crippen LogP contribution in [0.1, 0.15) is 12.0 Å². The average Bonchev–Trinajstić information content (AvgIpc) is 2.14. The van der Waals surface area contributed by atoms with Gasteiger partial charge in [0.2, 0.25) is 0 Å². The minimum Gasteiger partial charge on any atom is -0.205 e. The summed E-state index contributed by atoms with van der Waals surface area (Å²) in [6, 6.07) is 2.80. The highest BCUT2D eigenvalue weighted by molar-refractivity contribution is 7.80. The van der Waals surface area contributed by atoms with Crippen LogP contribution in [0.5, 0.6) is 0 Å². The van der Waals surface area contributed by atoms with E-state index < -0.39 is 5.82 Å². The predicted octanol–water partition coefficient (Wildman–Crippen LogP) is 3.80. The van der Waals surface area contributed by atoms with Gasteiger partial charge in [-0.2, -0.15) is 12.6 Å². The van der Waals surface area contributed by atoms with E-state index in [-0.39, 0.29) is 10.0 Å². The molecule has 1 aromatic carbocycles. The smallest absolute Gasteiger partial charge is 0.144 e. The lowest BCUT2D eigenvalue weighted by molar-refractivity contribution is 0.628. The summed E-state index contributed by atoms with van der Waals surface area (Å²) in [4.78, 5) is 0. The molecule has 14 heavy (non-hydrogen) atoms. The Balaban J connectivity index is 2.97. The van der Waals surface area contributed by atoms with E-state index in [1.807, 2.05) is 0 Å². The summed E-state index contributed by atoms with van der Waals surface area (Å²) in [5.74, 6) is 5.73. The second kappa shape index (κ2) is 5.50. The molecule has 0 fully saturated rings. The van der Waals surface area contributed by atoms with Crippen LogP contribution >= 0.6 is 35.8 Å². The van der Waals surface area contributed by atoms with E-state index in [9.17, 15) is 4.39 Å². The fraction of sp³-hybridized carbons (Fsp3) is 0.200. The highest BCUT2D eigenvalue weighted by Gasteiger charge is 2.05. The molecular formula is C10H7Cl2FS. The summed E-state index contributed by atoms with van der Waals surface area (Å²) in [6.07, 6.45) is 0.658. The summed E-state index contributed by atoms with van der Waals surface area (Å²) in [5.41, 5.74) is 0.527. The van der Waals surface area contributed by atoms with Crippen LogP contribution in [0.15, 0.2) is 12.1 Å². The highest BCUT2D eigenvalue weighted by atomic mass is 35.5. The molecule has 0 atom stereocenters. The molecule has 74 valence electrons. The second-order valence-corrected chi connectivity index (χ2v) is 3.76. The topological polar surface area (TPSA) is 0 Å². The van der Waals surface area contributed by atoms with Gasteiger partial charge >= 0.3 is 0 Å². The van der Waals surface area contributed by atoms with Gasteiger partial charge in [-0.05, 0) is 12.1 Å². The van der Waals surface area contributed by atoms with Crippen LogP contribution in [0.2, 0.25) is 10.0 Å². The Bertz CT molecular complexity index is 370. The first kappa shape index (κ1) is 11.7. The molecule has 0 aliphatic heterocycles. The summed E-state index contributed by atoms with van der Waals surface area (Å²) in [7, 11) is 0. The SMILES string of the molecule is Fc1cc(C#CCCS)cc(Cl)c1Cl. The zero-order chi connectivity index (χ0) is 10.6. The van der Waals surface area contributed by atoms with E-state index in [4.69, 9.17) is 23.2 Å². The van der Waals surface area contributed by atoms with Gasteiger partial charge < -0.3 is 0 Å². The standard InChI is InChI=1S/C10H7Cl2FS/c11-8-5-7(3-1-2-4-14)6-9(13)10(8)12/h5-6,14H,2,4H2. The van der Waals surface area contributed by atoms with Crippen molar-refractivity contribution in [3.8, 4) is 11.8 Å². The van der Waals surface area contributed by atoms with Crippen molar-refractivity contribution in [1.82, 2.24) is 0 Å². The first-order valence-corrected chi connectivity index (χ1v) is 5.28. The molecule has 0 spiro atoms. The lowest BCUT2D eigenvalue weighted by atomic mass is 10.2. The van der Waals surface area contributed by atoms with Gasteiger partial charge in [0.25, 0.3) is 0 Å². The maximum atomic E-state index is 13.0. The molecule has 1 rings (SSSR count). The quantitative estimate of drug-likeness (QED) is 0.436. The van der Waals surface area contributed by atoms with Gasteiger partial charge in [0.1, 0.15) is 5.82 Å². The molecule has 0 heterocycles. The van der Waals surface area contributed by atoms with E-state index >= 15 is 0 Å². The van der Waals surface area contributed by atoms with Gasteiger partial charge in [-0.1, -0.05) is 35.0 Å². The first-order valence-electron chi connectivity index (χ1n) is 3.89. The van der Waals surface area contributed by atoms with Crippen molar-refractivity contribution < 1.29 is 4.39 Å². The molecule has 0 bridgehead atoms. The van der Waals surface area contributed by atoms with E-state index in [1.54, 1.807) is 6.07 Å². The Morgan fingerprint density at radius 3 is 2.64 bits per heavy atom. The van der Waals surface area contributed by atoms with Crippen LogP contribution in [0.3, 0.4) is 0 Å². The van der Waals surface area contributed by atoms with Gasteiger partial charge in [-0.25, -0.2) is 4.39 Å². The van der Waals surface area contributed by atoms with Crippen LogP contribution < -0.4 is 0 Å². The average molecular weight is 249 g/mol. The molecule has 0 saturated carbocycles. The predicted molar refractivity (Wildman–Crippen MR) is 61.8 cm³/mol. The molecule has 1 aromatic rings. The summed E-state index contributed by atoms with van der Waals surface area (Å²) < 4.78 is 13.0. The molecule has 0 amide bonds. The largest absolute Gasteiger partial charge is 0.205 e. The van der Waals surface area contributed by atoms with Gasteiger partial charge in [-0.15, -0.1) is 0 Å². The van der Waals surface area contributed by atoms with Crippen LogP contribution in [-0.2, 0) is 0 Å². The van der Waals surface area contributed by atoms with E-state index in [1.165, 1.54) is 6.07 Å². The van der Waals surface area contributed by atoms with Crippen molar-refractivity contribution in [1.29, 1.82) is 0 Å². The van der Waals surface area contributed by atoms with Crippen molar-refractivity contribution in [2.45, 2.75) is 6.42 Å². The first-order chi connectivity index (χ1) is 6.65. The zero-order valence-electron chi connectivity index (χ0n) is 7.15. The molecule has 0 aliphatic rings. The van der Waals surface area contributed by atoms with Gasteiger partial charge in [-0.3, -0.25) is 0 Å². The van der Waals surface area contributed by atoms with Gasteiger partial charge in [0.15, 0.2) is 0 Å². The second-order valence-electron chi connectivity index (χ2n) is 2.53. The van der Waals surface area contributed by atoms with Crippen molar-refractivity contribution in [2.75, 3.05) is 5.75 Å². The molecule has 0 aromatic heterocycles. The third kappa shape index (κ3) is 3.09. The molecule has 0 unspecified atom stereocenters. The van der Waals surface area contributed by atoms with Crippen LogP contribution in [-0.4, -0.2) is 5.75 Å². The number of benzene rings is 1. The van der Waals surface area contributed by atoms with Crippen LogP contribution in [0, 0.1) is 17.7 Å². The molecule has 0 nitrogen and oxygen atoms in total. The van der Waals surface area contributed by atoms with Crippen molar-refractivity contribution in [3.05, 3.63) is 33.6 Å². The van der Waals surface area contributed by atoms with Crippen LogP contribution in [0.25, 0.3) is 0 Å². The van der Waals surface area contributed by atoms with Gasteiger partial charge in [0.05, 0.1) is 10.0 Å². The van der Waals surface area contributed by atoms with Gasteiger partial charge in [0, 0.05) is 17.7 Å². The monoisotopic (exact) mass is 248 g/mol. The Morgan fingerprint density at radius 1 is 1.36 bits per heavy atom. The Morgan fingerprint density at radius 2 is 2.07 bits per heavy atom. The summed E-state index contributed by atoms with van der Waals surface area (Å²) in [6.45, 7) is 0. The van der Waals surface area contributed by atoms with Crippen LogP contribution in [0.4, 0.5) is 4.39 Å². The van der Waals surface area contributed by atoms with Crippen molar-refractivity contribution in [2.24, 2.45) is 0 Å². The third-order valence-corrected chi connectivity index (χ3v) is 2.46. The van der Waals surface area contributed by atoms with E-state index in [0.717, 1.165) is 0 Å². The maximum absolute atomic E-state index is 13.0. The molecular weight excluding hydrogens is 242 g/mol. The minimum absolute atomic E-state index is 0.0635. The lowest BCUT2D eigenvalue weighted by Gasteiger charge is -1.98. The minimum atomic E-state index is -0.547.